The highest BCUT2D eigenvalue weighted by atomic mass is 19.3. The van der Waals surface area contributed by atoms with Crippen LogP contribution in [0, 0.1) is 17.2 Å². The number of rotatable bonds is 4. The molecule has 0 unspecified atom stereocenters. The molecule has 0 aromatic carbocycles. The summed E-state index contributed by atoms with van der Waals surface area (Å²) in [5.74, 6) is -3.43. The zero-order chi connectivity index (χ0) is 17.9. The minimum Gasteiger partial charge on any atom is -0.448 e. The number of likely N-dealkylation sites (tertiary alicyclic amines) is 1. The zero-order valence-electron chi connectivity index (χ0n) is 13.8. The number of halogens is 2. The molecule has 0 aromatic heterocycles. The highest BCUT2D eigenvalue weighted by Gasteiger charge is 2.49. The number of ether oxygens (including phenoxy) is 1. The molecule has 24 heavy (non-hydrogen) atoms. The van der Waals surface area contributed by atoms with Crippen molar-refractivity contribution < 1.29 is 23.1 Å². The lowest BCUT2D eigenvalue weighted by atomic mass is 10.1. The van der Waals surface area contributed by atoms with Gasteiger partial charge in [0.05, 0.1) is 19.2 Å². The summed E-state index contributed by atoms with van der Waals surface area (Å²) in [6.45, 7) is 3.70. The van der Waals surface area contributed by atoms with Crippen LogP contribution in [0.5, 0.6) is 0 Å². The molecule has 2 aliphatic heterocycles. The Labute approximate surface area is 139 Å². The Hall–Kier alpha value is -1.95. The summed E-state index contributed by atoms with van der Waals surface area (Å²) in [4.78, 5) is 25.2. The fraction of sp³-hybridized carbons (Fsp3) is 0.800. The number of hydrogen-bond acceptors (Lipinski definition) is 5. The molecule has 0 aliphatic carbocycles. The smallest absolute Gasteiger partial charge is 0.421 e. The molecule has 0 radical (unpaired) electrons. The van der Waals surface area contributed by atoms with E-state index >= 15 is 0 Å². The van der Waals surface area contributed by atoms with Crippen LogP contribution in [0.15, 0.2) is 0 Å². The van der Waals surface area contributed by atoms with E-state index in [9.17, 15) is 18.4 Å². The van der Waals surface area contributed by atoms with E-state index in [1.165, 1.54) is 5.01 Å². The van der Waals surface area contributed by atoms with Gasteiger partial charge >= 0.3 is 6.09 Å². The fourth-order valence-electron chi connectivity index (χ4n) is 2.90. The Morgan fingerprint density at radius 2 is 2.17 bits per heavy atom. The van der Waals surface area contributed by atoms with Gasteiger partial charge in [-0.2, -0.15) is 5.26 Å². The Kier molecular flexibility index (Phi) is 5.59. The van der Waals surface area contributed by atoms with Crippen LogP contribution in [0.2, 0.25) is 0 Å². The van der Waals surface area contributed by atoms with Gasteiger partial charge in [-0.15, -0.1) is 0 Å². The van der Waals surface area contributed by atoms with Crippen molar-refractivity contribution >= 4 is 12.0 Å². The van der Waals surface area contributed by atoms with Gasteiger partial charge in [-0.3, -0.25) is 10.2 Å². The van der Waals surface area contributed by atoms with Gasteiger partial charge in [0, 0.05) is 13.0 Å². The Balaban J connectivity index is 1.98. The van der Waals surface area contributed by atoms with Gasteiger partial charge in [0.25, 0.3) is 5.92 Å². The quantitative estimate of drug-likeness (QED) is 0.835. The Bertz CT molecular complexity index is 535. The predicted molar refractivity (Wildman–Crippen MR) is 79.7 cm³/mol. The molecule has 1 N–H and O–H groups in total. The number of carbonyl (C=O) groups excluding carboxylic acids is 2. The maximum absolute atomic E-state index is 13.5. The SMILES string of the molecule is CC(C)COC(=O)NN1CCC[C@H]1C(=O)N1CC(F)(F)C[C@H]1C#N. The van der Waals surface area contributed by atoms with E-state index in [-0.39, 0.29) is 12.5 Å². The molecule has 134 valence electrons. The molecule has 0 aromatic rings. The van der Waals surface area contributed by atoms with E-state index in [1.54, 1.807) is 6.07 Å². The van der Waals surface area contributed by atoms with Gasteiger partial charge in [0.2, 0.25) is 5.91 Å². The van der Waals surface area contributed by atoms with E-state index < -0.39 is 43.0 Å². The molecule has 7 nitrogen and oxygen atoms in total. The molecule has 2 heterocycles. The molecule has 0 bridgehead atoms. The van der Waals surface area contributed by atoms with Gasteiger partial charge in [-0.25, -0.2) is 18.6 Å². The van der Waals surface area contributed by atoms with E-state index in [1.807, 2.05) is 13.8 Å². The number of hydrazine groups is 1. The minimum atomic E-state index is -3.05. The molecular weight excluding hydrogens is 322 g/mol. The molecule has 2 aliphatic rings. The molecule has 0 spiro atoms. The lowest BCUT2D eigenvalue weighted by Gasteiger charge is -2.28. The average Bonchev–Trinajstić information content (AvgIpc) is 3.08. The number of carbonyl (C=O) groups is 2. The van der Waals surface area contributed by atoms with E-state index in [0.717, 1.165) is 4.90 Å². The van der Waals surface area contributed by atoms with Crippen LogP contribution in [0.25, 0.3) is 0 Å². The van der Waals surface area contributed by atoms with Gasteiger partial charge < -0.3 is 9.64 Å². The monoisotopic (exact) mass is 344 g/mol. The second-order valence-electron chi connectivity index (χ2n) is 6.63. The third-order valence-electron chi connectivity index (χ3n) is 4.02. The maximum atomic E-state index is 13.5. The second kappa shape index (κ2) is 7.30. The Morgan fingerprint density at radius 3 is 2.79 bits per heavy atom. The molecule has 2 saturated heterocycles. The zero-order valence-corrected chi connectivity index (χ0v) is 13.8. The van der Waals surface area contributed by atoms with Crippen molar-refractivity contribution in [3.05, 3.63) is 0 Å². The first-order chi connectivity index (χ1) is 11.2. The van der Waals surface area contributed by atoms with Crippen molar-refractivity contribution in [2.45, 2.75) is 51.1 Å². The Morgan fingerprint density at radius 1 is 1.46 bits per heavy atom. The van der Waals surface area contributed by atoms with Crippen LogP contribution in [-0.4, -0.2) is 59.6 Å². The van der Waals surface area contributed by atoms with Gasteiger partial charge in [-0.05, 0) is 18.8 Å². The first-order valence-electron chi connectivity index (χ1n) is 8.01. The lowest BCUT2D eigenvalue weighted by molar-refractivity contribution is -0.138. The summed E-state index contributed by atoms with van der Waals surface area (Å²) in [6.07, 6.45) is -0.246. The summed E-state index contributed by atoms with van der Waals surface area (Å²) in [6, 6.07) is -0.128. The number of nitrogens with one attached hydrogen (secondary N) is 1. The summed E-state index contributed by atoms with van der Waals surface area (Å²) in [5, 5.41) is 10.4. The van der Waals surface area contributed by atoms with Crippen molar-refractivity contribution in [1.29, 1.82) is 5.26 Å². The predicted octanol–water partition coefficient (Wildman–Crippen LogP) is 1.51. The van der Waals surface area contributed by atoms with Crippen molar-refractivity contribution in [2.24, 2.45) is 5.92 Å². The molecular formula is C15H22F2N4O3. The number of nitriles is 1. The topological polar surface area (TPSA) is 85.7 Å². The fourth-order valence-corrected chi connectivity index (χ4v) is 2.90. The number of alkyl halides is 2. The summed E-state index contributed by atoms with van der Waals surface area (Å²) >= 11 is 0. The highest BCUT2D eigenvalue weighted by Crippen LogP contribution is 2.33. The second-order valence-corrected chi connectivity index (χ2v) is 6.63. The van der Waals surface area contributed by atoms with Crippen molar-refractivity contribution in [1.82, 2.24) is 15.3 Å². The number of hydrogen-bond donors (Lipinski definition) is 1. The highest BCUT2D eigenvalue weighted by molar-refractivity contribution is 5.83. The van der Waals surface area contributed by atoms with Crippen LogP contribution >= 0.6 is 0 Å². The third-order valence-corrected chi connectivity index (χ3v) is 4.02. The molecule has 0 saturated carbocycles. The molecule has 9 heteroatoms. The van der Waals surface area contributed by atoms with Crippen LogP contribution < -0.4 is 5.43 Å². The van der Waals surface area contributed by atoms with Gasteiger partial charge in [0.1, 0.15) is 12.1 Å². The standard InChI is InChI=1S/C15H22F2N4O3/c1-10(2)8-24-14(23)19-21-5-3-4-12(21)13(22)20-9-15(16,17)6-11(20)7-18/h10-12H,3-6,8-9H2,1-2H3,(H,19,23)/t11-,12-/m0/s1. The first-order valence-corrected chi connectivity index (χ1v) is 8.01. The minimum absolute atomic E-state index is 0.176. The number of amides is 2. The third kappa shape index (κ3) is 4.32. The average molecular weight is 344 g/mol. The van der Waals surface area contributed by atoms with Crippen LogP contribution in [-0.2, 0) is 9.53 Å². The van der Waals surface area contributed by atoms with Crippen molar-refractivity contribution in [3.63, 3.8) is 0 Å². The van der Waals surface area contributed by atoms with Crippen molar-refractivity contribution in [3.8, 4) is 6.07 Å². The van der Waals surface area contributed by atoms with Gasteiger partial charge in [-0.1, -0.05) is 13.8 Å². The largest absolute Gasteiger partial charge is 0.448 e. The maximum Gasteiger partial charge on any atom is 0.421 e. The van der Waals surface area contributed by atoms with Crippen LogP contribution in [0.1, 0.15) is 33.1 Å². The van der Waals surface area contributed by atoms with Gasteiger partial charge in [0.15, 0.2) is 0 Å². The lowest BCUT2D eigenvalue weighted by Crippen LogP contribution is -2.53. The van der Waals surface area contributed by atoms with Crippen LogP contribution in [0.3, 0.4) is 0 Å². The molecule has 2 amide bonds. The summed E-state index contributed by atoms with van der Waals surface area (Å²) < 4.78 is 32.0. The molecule has 2 rings (SSSR count). The first kappa shape index (κ1) is 18.4. The van der Waals surface area contributed by atoms with E-state index in [4.69, 9.17) is 10.00 Å². The normalized spacial score (nSPS) is 26.4. The van der Waals surface area contributed by atoms with Crippen molar-refractivity contribution in [2.75, 3.05) is 19.7 Å². The number of nitrogens with zero attached hydrogens (tertiary/aromatic N) is 3. The summed E-state index contributed by atoms with van der Waals surface area (Å²) in [7, 11) is 0. The molecule has 2 fully saturated rings. The summed E-state index contributed by atoms with van der Waals surface area (Å²) in [5.41, 5.74) is 2.50. The van der Waals surface area contributed by atoms with E-state index in [0.29, 0.717) is 19.4 Å². The molecule has 2 atom stereocenters. The van der Waals surface area contributed by atoms with E-state index in [2.05, 4.69) is 5.43 Å². The van der Waals surface area contributed by atoms with Crippen LogP contribution in [0.4, 0.5) is 13.6 Å².